The quantitative estimate of drug-likeness (QED) is 0.544. The first-order chi connectivity index (χ1) is 9.95. The van der Waals surface area contributed by atoms with Gasteiger partial charge in [0.15, 0.2) is 0 Å². The van der Waals surface area contributed by atoms with Crippen molar-refractivity contribution in [1.29, 1.82) is 0 Å². The molecule has 1 aromatic rings. The van der Waals surface area contributed by atoms with Crippen LogP contribution in [-0.2, 0) is 14.8 Å². The summed E-state index contributed by atoms with van der Waals surface area (Å²) in [5.74, 6) is -0.545. The highest BCUT2D eigenvalue weighted by molar-refractivity contribution is 7.89. The van der Waals surface area contributed by atoms with Crippen molar-refractivity contribution in [2.45, 2.75) is 24.2 Å². The minimum atomic E-state index is -3.57. The Hall–Kier alpha value is -1.64. The Morgan fingerprint density at radius 2 is 1.86 bits per heavy atom. The molecule has 0 radical (unpaired) electrons. The minimum absolute atomic E-state index is 0.0286. The number of unbranched alkanes of at least 4 members (excludes halogenated alkanes) is 1. The summed E-state index contributed by atoms with van der Waals surface area (Å²) < 4.78 is 31.4. The van der Waals surface area contributed by atoms with Gasteiger partial charge in [-0.2, -0.15) is 0 Å². The first-order valence-corrected chi connectivity index (χ1v) is 7.99. The fourth-order valence-corrected chi connectivity index (χ4v) is 2.57. The Morgan fingerprint density at radius 3 is 2.43 bits per heavy atom. The Bertz CT molecular complexity index is 540. The van der Waals surface area contributed by atoms with Gasteiger partial charge in [-0.15, -0.1) is 0 Å². The SMILES string of the molecule is O=C(O)CCOc1ccc(S(=O)(=O)NCCCCO)cc1. The summed E-state index contributed by atoms with van der Waals surface area (Å²) in [6.45, 7) is 0.324. The lowest BCUT2D eigenvalue weighted by atomic mass is 10.3. The van der Waals surface area contributed by atoms with E-state index in [0.717, 1.165) is 0 Å². The molecule has 0 aliphatic rings. The number of sulfonamides is 1. The maximum absolute atomic E-state index is 11.9. The third-order valence-corrected chi connectivity index (χ3v) is 4.07. The highest BCUT2D eigenvalue weighted by Gasteiger charge is 2.13. The second kappa shape index (κ2) is 8.60. The van der Waals surface area contributed by atoms with Crippen molar-refractivity contribution in [3.05, 3.63) is 24.3 Å². The van der Waals surface area contributed by atoms with Crippen LogP contribution in [0, 0.1) is 0 Å². The third-order valence-electron chi connectivity index (χ3n) is 2.60. The van der Waals surface area contributed by atoms with Gasteiger partial charge in [0.25, 0.3) is 0 Å². The first-order valence-electron chi connectivity index (χ1n) is 6.51. The molecule has 0 fully saturated rings. The lowest BCUT2D eigenvalue weighted by Gasteiger charge is -2.08. The molecule has 0 spiro atoms. The number of carboxylic acid groups (broad SMARTS) is 1. The molecule has 0 bridgehead atoms. The van der Waals surface area contributed by atoms with E-state index in [-0.39, 0.29) is 31.1 Å². The molecular formula is C13H19NO6S. The molecule has 1 aromatic carbocycles. The fraction of sp³-hybridized carbons (Fsp3) is 0.462. The van der Waals surface area contributed by atoms with Gasteiger partial charge in [0, 0.05) is 13.2 Å². The number of aliphatic hydroxyl groups is 1. The van der Waals surface area contributed by atoms with Gasteiger partial charge in [-0.3, -0.25) is 4.79 Å². The smallest absolute Gasteiger partial charge is 0.306 e. The number of benzene rings is 1. The standard InChI is InChI=1S/C13H19NO6S/c15-9-2-1-8-14-21(18,19)12-5-3-11(4-6-12)20-10-7-13(16)17/h3-6,14-15H,1-2,7-10H2,(H,16,17). The van der Waals surface area contributed by atoms with Crippen molar-refractivity contribution in [1.82, 2.24) is 4.72 Å². The second-order valence-corrected chi connectivity index (χ2v) is 6.06. The molecule has 0 unspecified atom stereocenters. The zero-order valence-corrected chi connectivity index (χ0v) is 12.3. The van der Waals surface area contributed by atoms with Gasteiger partial charge >= 0.3 is 5.97 Å². The average molecular weight is 317 g/mol. The number of aliphatic carboxylic acids is 1. The van der Waals surface area contributed by atoms with E-state index in [1.54, 1.807) is 0 Å². The lowest BCUT2D eigenvalue weighted by molar-refractivity contribution is -0.137. The summed E-state index contributed by atoms with van der Waals surface area (Å²) in [5.41, 5.74) is 0. The van der Waals surface area contributed by atoms with Crippen LogP contribution in [0.15, 0.2) is 29.2 Å². The summed E-state index contributed by atoms with van der Waals surface area (Å²) in [7, 11) is -3.57. The highest BCUT2D eigenvalue weighted by Crippen LogP contribution is 2.16. The van der Waals surface area contributed by atoms with Gasteiger partial charge < -0.3 is 14.9 Å². The van der Waals surface area contributed by atoms with Crippen molar-refractivity contribution in [2.75, 3.05) is 19.8 Å². The Morgan fingerprint density at radius 1 is 1.19 bits per heavy atom. The molecule has 7 nitrogen and oxygen atoms in total. The van der Waals surface area contributed by atoms with Gasteiger partial charge in [0.05, 0.1) is 17.9 Å². The van der Waals surface area contributed by atoms with Crippen LogP contribution in [0.3, 0.4) is 0 Å². The summed E-state index contributed by atoms with van der Waals surface area (Å²) in [5, 5.41) is 17.1. The van der Waals surface area contributed by atoms with Gasteiger partial charge in [-0.05, 0) is 37.1 Å². The van der Waals surface area contributed by atoms with Crippen LogP contribution in [0.2, 0.25) is 0 Å². The van der Waals surface area contributed by atoms with Crippen LogP contribution >= 0.6 is 0 Å². The molecule has 0 saturated heterocycles. The average Bonchev–Trinajstić information content (AvgIpc) is 2.44. The van der Waals surface area contributed by atoms with E-state index < -0.39 is 16.0 Å². The number of carboxylic acids is 1. The summed E-state index contributed by atoms with van der Waals surface area (Å²) in [6.07, 6.45) is 0.984. The van der Waals surface area contributed by atoms with Crippen LogP contribution in [0.4, 0.5) is 0 Å². The fourth-order valence-electron chi connectivity index (χ4n) is 1.50. The van der Waals surface area contributed by atoms with Crippen LogP contribution in [0.25, 0.3) is 0 Å². The number of nitrogens with one attached hydrogen (secondary N) is 1. The Balaban J connectivity index is 2.53. The molecular weight excluding hydrogens is 298 g/mol. The van der Waals surface area contributed by atoms with E-state index in [9.17, 15) is 13.2 Å². The topological polar surface area (TPSA) is 113 Å². The predicted molar refractivity (Wildman–Crippen MR) is 75.7 cm³/mol. The number of hydrogen-bond acceptors (Lipinski definition) is 5. The highest BCUT2D eigenvalue weighted by atomic mass is 32.2. The maximum atomic E-state index is 11.9. The van der Waals surface area contributed by atoms with Crippen molar-refractivity contribution in [3.8, 4) is 5.75 Å². The first kappa shape index (κ1) is 17.4. The van der Waals surface area contributed by atoms with E-state index in [0.29, 0.717) is 18.6 Å². The van der Waals surface area contributed by atoms with Crippen molar-refractivity contribution in [2.24, 2.45) is 0 Å². The van der Waals surface area contributed by atoms with Crippen LogP contribution in [-0.4, -0.2) is 44.4 Å². The van der Waals surface area contributed by atoms with Crippen molar-refractivity contribution in [3.63, 3.8) is 0 Å². The van der Waals surface area contributed by atoms with E-state index in [4.69, 9.17) is 14.9 Å². The lowest BCUT2D eigenvalue weighted by Crippen LogP contribution is -2.24. The normalized spacial score (nSPS) is 11.3. The molecule has 0 aliphatic carbocycles. The molecule has 1 rings (SSSR count). The molecule has 3 N–H and O–H groups in total. The number of carbonyl (C=O) groups is 1. The monoisotopic (exact) mass is 317 g/mol. The molecule has 118 valence electrons. The summed E-state index contributed by atoms with van der Waals surface area (Å²) in [6, 6.07) is 5.74. The van der Waals surface area contributed by atoms with Gasteiger partial charge in [0.1, 0.15) is 5.75 Å². The molecule has 0 atom stereocenters. The van der Waals surface area contributed by atoms with Gasteiger partial charge in [-0.1, -0.05) is 0 Å². The van der Waals surface area contributed by atoms with Gasteiger partial charge in [0.2, 0.25) is 10.0 Å². The maximum Gasteiger partial charge on any atom is 0.306 e. The molecule has 21 heavy (non-hydrogen) atoms. The van der Waals surface area contributed by atoms with Gasteiger partial charge in [-0.25, -0.2) is 13.1 Å². The Labute approximate surface area is 123 Å². The summed E-state index contributed by atoms with van der Waals surface area (Å²) >= 11 is 0. The second-order valence-electron chi connectivity index (χ2n) is 4.29. The number of rotatable bonds is 10. The molecule has 0 amide bonds. The van der Waals surface area contributed by atoms with Crippen molar-refractivity contribution >= 4 is 16.0 Å². The molecule has 0 heterocycles. The zero-order valence-electron chi connectivity index (χ0n) is 11.5. The van der Waals surface area contributed by atoms with E-state index in [1.165, 1.54) is 24.3 Å². The predicted octanol–water partition coefficient (Wildman–Crippen LogP) is 0.591. The number of ether oxygens (including phenoxy) is 1. The molecule has 0 aromatic heterocycles. The van der Waals surface area contributed by atoms with Crippen LogP contribution < -0.4 is 9.46 Å². The number of hydrogen-bond donors (Lipinski definition) is 3. The molecule has 8 heteroatoms. The third kappa shape index (κ3) is 6.56. The largest absolute Gasteiger partial charge is 0.493 e. The van der Waals surface area contributed by atoms with E-state index >= 15 is 0 Å². The molecule has 0 aliphatic heterocycles. The van der Waals surface area contributed by atoms with Crippen molar-refractivity contribution < 1.29 is 28.2 Å². The van der Waals surface area contributed by atoms with E-state index in [1.807, 2.05) is 0 Å². The van der Waals surface area contributed by atoms with Crippen LogP contribution in [0.5, 0.6) is 5.75 Å². The number of aliphatic hydroxyl groups excluding tert-OH is 1. The molecule has 0 saturated carbocycles. The van der Waals surface area contributed by atoms with E-state index in [2.05, 4.69) is 4.72 Å². The van der Waals surface area contributed by atoms with Crippen LogP contribution in [0.1, 0.15) is 19.3 Å². The Kier molecular flexibility index (Phi) is 7.13. The summed E-state index contributed by atoms with van der Waals surface area (Å²) in [4.78, 5) is 10.4. The zero-order chi connectivity index (χ0) is 15.7. The minimum Gasteiger partial charge on any atom is -0.493 e.